The maximum atomic E-state index is 11.3. The summed E-state index contributed by atoms with van der Waals surface area (Å²) in [7, 11) is 1.46. The van der Waals surface area contributed by atoms with E-state index in [1.165, 1.54) is 7.11 Å². The van der Waals surface area contributed by atoms with Crippen molar-refractivity contribution in [1.82, 2.24) is 5.43 Å². The highest BCUT2D eigenvalue weighted by Gasteiger charge is 2.19. The SMILES string of the molecule is COCC(Oc1ccc(C#N)cc1)C(=O)NN. The van der Waals surface area contributed by atoms with E-state index < -0.39 is 12.0 Å². The first-order valence-electron chi connectivity index (χ1n) is 4.87. The summed E-state index contributed by atoms with van der Waals surface area (Å²) < 4.78 is 10.2. The minimum Gasteiger partial charge on any atom is -0.478 e. The molecule has 6 heteroatoms. The van der Waals surface area contributed by atoms with Gasteiger partial charge in [0.15, 0.2) is 0 Å². The summed E-state index contributed by atoms with van der Waals surface area (Å²) in [6, 6.07) is 8.38. The average molecular weight is 235 g/mol. The number of hydrogen-bond donors (Lipinski definition) is 2. The van der Waals surface area contributed by atoms with Crippen molar-refractivity contribution in [3.05, 3.63) is 29.8 Å². The predicted octanol–water partition coefficient (Wildman–Crippen LogP) is -0.0580. The van der Waals surface area contributed by atoms with Crippen molar-refractivity contribution in [1.29, 1.82) is 5.26 Å². The molecular weight excluding hydrogens is 222 g/mol. The fourth-order valence-electron chi connectivity index (χ4n) is 1.18. The second-order valence-electron chi connectivity index (χ2n) is 3.21. The van der Waals surface area contributed by atoms with Crippen LogP contribution in [0.25, 0.3) is 0 Å². The zero-order valence-electron chi connectivity index (χ0n) is 9.34. The summed E-state index contributed by atoms with van der Waals surface area (Å²) in [5, 5.41) is 8.63. The summed E-state index contributed by atoms with van der Waals surface area (Å²) >= 11 is 0. The number of carbonyl (C=O) groups is 1. The van der Waals surface area contributed by atoms with Gasteiger partial charge in [-0.3, -0.25) is 10.2 Å². The van der Waals surface area contributed by atoms with E-state index in [9.17, 15) is 4.79 Å². The van der Waals surface area contributed by atoms with E-state index in [1.54, 1.807) is 24.3 Å². The number of amides is 1. The Labute approximate surface area is 98.9 Å². The molecule has 1 aromatic rings. The van der Waals surface area contributed by atoms with Crippen molar-refractivity contribution in [3.63, 3.8) is 0 Å². The zero-order valence-corrected chi connectivity index (χ0v) is 9.34. The first-order chi connectivity index (χ1) is 8.21. The molecule has 0 fully saturated rings. The van der Waals surface area contributed by atoms with Crippen LogP contribution in [0.4, 0.5) is 0 Å². The molecule has 0 spiro atoms. The molecule has 1 aromatic carbocycles. The molecule has 0 aliphatic rings. The molecule has 6 nitrogen and oxygen atoms in total. The molecule has 17 heavy (non-hydrogen) atoms. The van der Waals surface area contributed by atoms with Crippen molar-refractivity contribution < 1.29 is 14.3 Å². The third-order valence-electron chi connectivity index (χ3n) is 2.01. The Balaban J connectivity index is 2.72. The number of carbonyl (C=O) groups excluding carboxylic acids is 1. The van der Waals surface area contributed by atoms with Gasteiger partial charge in [-0.1, -0.05) is 0 Å². The van der Waals surface area contributed by atoms with Crippen LogP contribution in [-0.2, 0) is 9.53 Å². The van der Waals surface area contributed by atoms with E-state index in [0.29, 0.717) is 11.3 Å². The molecule has 0 aliphatic heterocycles. The largest absolute Gasteiger partial charge is 0.478 e. The van der Waals surface area contributed by atoms with Crippen molar-refractivity contribution in [3.8, 4) is 11.8 Å². The van der Waals surface area contributed by atoms with Gasteiger partial charge < -0.3 is 9.47 Å². The minimum atomic E-state index is -0.821. The van der Waals surface area contributed by atoms with E-state index in [4.69, 9.17) is 20.6 Å². The molecule has 3 N–H and O–H groups in total. The van der Waals surface area contributed by atoms with Gasteiger partial charge in [0.1, 0.15) is 5.75 Å². The standard InChI is InChI=1S/C11H13N3O3/c1-16-7-10(11(15)14-13)17-9-4-2-8(6-12)3-5-9/h2-5,10H,7,13H2,1H3,(H,14,15). The molecule has 0 bridgehead atoms. The Morgan fingerprint density at radius 3 is 2.65 bits per heavy atom. The Hall–Kier alpha value is -2.10. The molecule has 1 rings (SSSR count). The lowest BCUT2D eigenvalue weighted by molar-refractivity contribution is -0.130. The smallest absolute Gasteiger partial charge is 0.277 e. The fraction of sp³-hybridized carbons (Fsp3) is 0.273. The van der Waals surface area contributed by atoms with Crippen LogP contribution in [0.2, 0.25) is 0 Å². The summed E-state index contributed by atoms with van der Waals surface area (Å²) in [5.41, 5.74) is 2.51. The second-order valence-corrected chi connectivity index (χ2v) is 3.21. The number of hydrazine groups is 1. The molecule has 1 atom stereocenters. The summed E-state index contributed by atoms with van der Waals surface area (Å²) in [6.07, 6.45) is -0.821. The number of methoxy groups -OCH3 is 1. The van der Waals surface area contributed by atoms with Crippen LogP contribution in [0.1, 0.15) is 5.56 Å². The normalized spacial score (nSPS) is 11.4. The molecule has 0 saturated carbocycles. The van der Waals surface area contributed by atoms with E-state index in [2.05, 4.69) is 0 Å². The second kappa shape index (κ2) is 6.48. The Kier molecular flexibility index (Phi) is 4.94. The summed E-state index contributed by atoms with van der Waals surface area (Å²) in [4.78, 5) is 11.3. The zero-order chi connectivity index (χ0) is 12.7. The van der Waals surface area contributed by atoms with Crippen LogP contribution >= 0.6 is 0 Å². The number of hydrogen-bond acceptors (Lipinski definition) is 5. The Morgan fingerprint density at radius 1 is 1.53 bits per heavy atom. The van der Waals surface area contributed by atoms with Crippen molar-refractivity contribution in [2.24, 2.45) is 5.84 Å². The molecule has 0 radical (unpaired) electrons. The Morgan fingerprint density at radius 2 is 2.18 bits per heavy atom. The van der Waals surface area contributed by atoms with Gasteiger partial charge in [-0.2, -0.15) is 5.26 Å². The molecule has 0 saturated heterocycles. The first-order valence-corrected chi connectivity index (χ1v) is 4.87. The topological polar surface area (TPSA) is 97.4 Å². The maximum Gasteiger partial charge on any atom is 0.277 e. The lowest BCUT2D eigenvalue weighted by Gasteiger charge is -2.16. The van der Waals surface area contributed by atoms with Crippen LogP contribution < -0.4 is 16.0 Å². The number of ether oxygens (including phenoxy) is 2. The third kappa shape index (κ3) is 3.75. The van der Waals surface area contributed by atoms with Crippen LogP contribution in [0, 0.1) is 11.3 Å². The number of rotatable bonds is 5. The molecular formula is C11H13N3O3. The fourth-order valence-corrected chi connectivity index (χ4v) is 1.18. The first kappa shape index (κ1) is 13.0. The van der Waals surface area contributed by atoms with Gasteiger partial charge in [-0.15, -0.1) is 0 Å². The van der Waals surface area contributed by atoms with Crippen LogP contribution in [0.15, 0.2) is 24.3 Å². The highest BCUT2D eigenvalue weighted by molar-refractivity contribution is 5.80. The van der Waals surface area contributed by atoms with E-state index in [-0.39, 0.29) is 6.61 Å². The third-order valence-corrected chi connectivity index (χ3v) is 2.01. The molecule has 1 amide bonds. The number of nitrogens with one attached hydrogen (secondary N) is 1. The van der Waals surface area contributed by atoms with Crippen molar-refractivity contribution >= 4 is 5.91 Å². The number of nitrogens with two attached hydrogens (primary N) is 1. The van der Waals surface area contributed by atoms with Crippen LogP contribution in [0.3, 0.4) is 0 Å². The summed E-state index contributed by atoms with van der Waals surface area (Å²) in [6.45, 7) is 0.0863. The average Bonchev–Trinajstić information content (AvgIpc) is 2.38. The van der Waals surface area contributed by atoms with Crippen LogP contribution in [0.5, 0.6) is 5.75 Å². The van der Waals surface area contributed by atoms with Gasteiger partial charge in [0, 0.05) is 7.11 Å². The Bertz CT molecular complexity index is 411. The highest BCUT2D eigenvalue weighted by atomic mass is 16.5. The molecule has 1 unspecified atom stereocenters. The highest BCUT2D eigenvalue weighted by Crippen LogP contribution is 2.13. The lowest BCUT2D eigenvalue weighted by atomic mass is 10.2. The molecule has 0 aliphatic carbocycles. The quantitative estimate of drug-likeness (QED) is 0.423. The predicted molar refractivity (Wildman–Crippen MR) is 59.8 cm³/mol. The van der Waals surface area contributed by atoms with Gasteiger partial charge in [-0.05, 0) is 24.3 Å². The van der Waals surface area contributed by atoms with Gasteiger partial charge in [0.2, 0.25) is 6.10 Å². The maximum absolute atomic E-state index is 11.3. The van der Waals surface area contributed by atoms with E-state index in [0.717, 1.165) is 0 Å². The minimum absolute atomic E-state index is 0.0863. The van der Waals surface area contributed by atoms with Gasteiger partial charge in [-0.25, -0.2) is 5.84 Å². The van der Waals surface area contributed by atoms with E-state index >= 15 is 0 Å². The van der Waals surface area contributed by atoms with Gasteiger partial charge in [0.25, 0.3) is 5.91 Å². The lowest BCUT2D eigenvalue weighted by Crippen LogP contribution is -2.44. The van der Waals surface area contributed by atoms with E-state index in [1.807, 2.05) is 11.5 Å². The molecule has 0 heterocycles. The number of nitriles is 1. The number of nitrogens with zero attached hydrogens (tertiary/aromatic N) is 1. The van der Waals surface area contributed by atoms with Crippen LogP contribution in [-0.4, -0.2) is 25.7 Å². The number of benzene rings is 1. The van der Waals surface area contributed by atoms with Crippen molar-refractivity contribution in [2.75, 3.05) is 13.7 Å². The molecule has 0 aromatic heterocycles. The summed E-state index contributed by atoms with van der Waals surface area (Å²) in [5.74, 6) is 5.02. The van der Waals surface area contributed by atoms with Gasteiger partial charge in [0.05, 0.1) is 18.2 Å². The van der Waals surface area contributed by atoms with Crippen molar-refractivity contribution in [2.45, 2.75) is 6.10 Å². The molecule has 90 valence electrons. The monoisotopic (exact) mass is 235 g/mol. The van der Waals surface area contributed by atoms with Gasteiger partial charge >= 0.3 is 0 Å².